The molecule has 1 aromatic heterocycles. The number of hydrogen-bond donors (Lipinski definition) is 3. The van der Waals surface area contributed by atoms with Gasteiger partial charge in [0.05, 0.1) is 37.2 Å². The van der Waals surface area contributed by atoms with Gasteiger partial charge in [-0.05, 0) is 60.2 Å². The van der Waals surface area contributed by atoms with Gasteiger partial charge in [0.15, 0.2) is 0 Å². The van der Waals surface area contributed by atoms with Crippen LogP contribution in [0, 0.1) is 5.82 Å². The molecule has 0 unspecified atom stereocenters. The zero-order valence-corrected chi connectivity index (χ0v) is 21.1. The minimum absolute atomic E-state index is 0.0140. The van der Waals surface area contributed by atoms with Crippen LogP contribution in [0.2, 0.25) is 10.0 Å². The van der Waals surface area contributed by atoms with Gasteiger partial charge in [0.1, 0.15) is 11.6 Å². The Morgan fingerprint density at radius 1 is 0.973 bits per heavy atom. The minimum atomic E-state index is -4.29. The van der Waals surface area contributed by atoms with Crippen molar-refractivity contribution >= 4 is 55.9 Å². The topological polar surface area (TPSA) is 118 Å². The largest absolute Gasteiger partial charge is 0.366 e. The summed E-state index contributed by atoms with van der Waals surface area (Å²) in [4.78, 5) is 19.5. The smallest absolute Gasteiger partial charge is 0.262 e. The quantitative estimate of drug-likeness (QED) is 0.230. The predicted octanol–water partition coefficient (Wildman–Crippen LogP) is 6.24. The SMILES string of the molecule is NC(=O)c1ccc(S(=O)(=O)Nc2cccc(F)c2)c(-c2ccc(Cl)c(-c3nc4ccccc4[nH]3)c2)c1Cl. The van der Waals surface area contributed by atoms with Crippen LogP contribution in [0.4, 0.5) is 10.1 Å². The fourth-order valence-electron chi connectivity index (χ4n) is 3.95. The van der Waals surface area contributed by atoms with Crippen LogP contribution in [-0.2, 0) is 10.0 Å². The Morgan fingerprint density at radius 2 is 1.76 bits per heavy atom. The van der Waals surface area contributed by atoms with Crippen LogP contribution in [0.25, 0.3) is 33.5 Å². The van der Waals surface area contributed by atoms with Crippen LogP contribution < -0.4 is 10.5 Å². The van der Waals surface area contributed by atoms with Crippen LogP contribution in [0.1, 0.15) is 10.4 Å². The number of primary amides is 1. The first-order chi connectivity index (χ1) is 17.6. The molecular weight excluding hydrogens is 538 g/mol. The maximum atomic E-state index is 13.7. The van der Waals surface area contributed by atoms with Crippen LogP contribution in [0.15, 0.2) is 83.8 Å². The number of carbonyl (C=O) groups is 1. The second-order valence-corrected chi connectivity index (χ2v) is 10.5. The van der Waals surface area contributed by atoms with E-state index >= 15 is 0 Å². The Balaban J connectivity index is 1.70. The average molecular weight is 555 g/mol. The third kappa shape index (κ3) is 4.76. The zero-order valence-electron chi connectivity index (χ0n) is 18.8. The highest BCUT2D eigenvalue weighted by Gasteiger charge is 2.26. The van der Waals surface area contributed by atoms with E-state index in [9.17, 15) is 17.6 Å². The number of nitrogens with two attached hydrogens (primary N) is 1. The summed E-state index contributed by atoms with van der Waals surface area (Å²) in [6.45, 7) is 0. The Morgan fingerprint density at radius 3 is 2.49 bits per heavy atom. The molecule has 0 aliphatic carbocycles. The van der Waals surface area contributed by atoms with E-state index in [0.717, 1.165) is 17.1 Å². The number of para-hydroxylation sites is 2. The van der Waals surface area contributed by atoms with Crippen molar-refractivity contribution in [2.45, 2.75) is 4.90 Å². The van der Waals surface area contributed by atoms with E-state index in [2.05, 4.69) is 14.7 Å². The fraction of sp³-hybridized carbons (Fsp3) is 0. The van der Waals surface area contributed by atoms with Crippen LogP contribution >= 0.6 is 23.2 Å². The Bertz CT molecular complexity index is 1770. The molecule has 7 nitrogen and oxygen atoms in total. The molecule has 0 saturated carbocycles. The summed E-state index contributed by atoms with van der Waals surface area (Å²) < 4.78 is 42.9. The lowest BCUT2D eigenvalue weighted by Gasteiger charge is -2.17. The maximum absolute atomic E-state index is 13.7. The number of carbonyl (C=O) groups excluding carboxylic acids is 1. The molecule has 0 aliphatic heterocycles. The highest BCUT2D eigenvalue weighted by molar-refractivity contribution is 7.92. The monoisotopic (exact) mass is 554 g/mol. The van der Waals surface area contributed by atoms with E-state index in [-0.39, 0.29) is 26.7 Å². The number of rotatable bonds is 6. The second kappa shape index (κ2) is 9.51. The van der Waals surface area contributed by atoms with Crippen molar-refractivity contribution in [3.8, 4) is 22.5 Å². The first-order valence-corrected chi connectivity index (χ1v) is 13.0. The van der Waals surface area contributed by atoms with Crippen molar-refractivity contribution in [2.75, 3.05) is 4.72 Å². The molecule has 0 bridgehead atoms. The van der Waals surface area contributed by atoms with Gasteiger partial charge in [-0.2, -0.15) is 0 Å². The number of imidazole rings is 1. The zero-order chi connectivity index (χ0) is 26.3. The van der Waals surface area contributed by atoms with Crippen molar-refractivity contribution in [3.63, 3.8) is 0 Å². The molecular formula is C26H17Cl2FN4O3S. The molecule has 0 atom stereocenters. The number of halogens is 3. The van der Waals surface area contributed by atoms with E-state index in [1.807, 2.05) is 24.3 Å². The number of sulfonamides is 1. The van der Waals surface area contributed by atoms with Crippen molar-refractivity contribution < 1.29 is 17.6 Å². The van der Waals surface area contributed by atoms with Crippen molar-refractivity contribution in [2.24, 2.45) is 5.73 Å². The molecule has 0 fully saturated rings. The molecule has 37 heavy (non-hydrogen) atoms. The van der Waals surface area contributed by atoms with Gasteiger partial charge in [0, 0.05) is 11.1 Å². The number of amides is 1. The van der Waals surface area contributed by atoms with Gasteiger partial charge in [0.25, 0.3) is 10.0 Å². The molecule has 0 saturated heterocycles. The second-order valence-electron chi connectivity index (χ2n) is 8.08. The highest BCUT2D eigenvalue weighted by Crippen LogP contribution is 2.40. The standard InChI is InChI=1S/C26H17Cl2FN4O3S/c27-19-10-8-14(12-18(19)26-31-20-6-1-2-7-21(20)32-26)23-22(11-9-17(24(23)28)25(30)34)37(35,36)33-16-5-3-4-15(29)13-16/h1-13,33H,(H2,30,34)(H,31,32). The van der Waals surface area contributed by atoms with E-state index in [0.29, 0.717) is 22.0 Å². The molecule has 4 N–H and O–H groups in total. The van der Waals surface area contributed by atoms with Gasteiger partial charge in [-0.1, -0.05) is 47.5 Å². The van der Waals surface area contributed by atoms with E-state index in [1.54, 1.807) is 18.2 Å². The third-order valence-corrected chi connectivity index (χ3v) is 7.78. The predicted molar refractivity (Wildman–Crippen MR) is 143 cm³/mol. The molecule has 0 radical (unpaired) electrons. The first-order valence-electron chi connectivity index (χ1n) is 10.8. The van der Waals surface area contributed by atoms with Crippen molar-refractivity contribution in [1.82, 2.24) is 9.97 Å². The van der Waals surface area contributed by atoms with E-state index < -0.39 is 21.7 Å². The molecule has 186 valence electrons. The molecule has 5 aromatic rings. The van der Waals surface area contributed by atoms with Crippen molar-refractivity contribution in [3.05, 3.63) is 100 Å². The summed E-state index contributed by atoms with van der Waals surface area (Å²) in [7, 11) is -4.29. The number of aromatic nitrogens is 2. The molecule has 5 rings (SSSR count). The van der Waals surface area contributed by atoms with Crippen LogP contribution in [0.3, 0.4) is 0 Å². The number of hydrogen-bond acceptors (Lipinski definition) is 4. The number of benzene rings is 4. The van der Waals surface area contributed by atoms with Crippen LogP contribution in [-0.4, -0.2) is 24.3 Å². The van der Waals surface area contributed by atoms with Gasteiger partial charge in [-0.25, -0.2) is 17.8 Å². The molecule has 1 amide bonds. The number of nitrogens with zero attached hydrogens (tertiary/aromatic N) is 1. The van der Waals surface area contributed by atoms with Gasteiger partial charge >= 0.3 is 0 Å². The van der Waals surface area contributed by atoms with Crippen LogP contribution in [0.5, 0.6) is 0 Å². The van der Waals surface area contributed by atoms with Gasteiger partial charge < -0.3 is 10.7 Å². The Kier molecular flexibility index (Phi) is 6.36. The summed E-state index contributed by atoms with van der Waals surface area (Å²) >= 11 is 13.1. The number of fused-ring (bicyclic) bond motifs is 1. The minimum Gasteiger partial charge on any atom is -0.366 e. The average Bonchev–Trinajstić information content (AvgIpc) is 3.28. The summed E-state index contributed by atoms with van der Waals surface area (Å²) in [5.41, 5.74) is 7.78. The van der Waals surface area contributed by atoms with E-state index in [4.69, 9.17) is 28.9 Å². The Labute approximate surface area is 221 Å². The summed E-state index contributed by atoms with van der Waals surface area (Å²) in [6, 6.07) is 19.6. The summed E-state index contributed by atoms with van der Waals surface area (Å²) in [5, 5.41) is 0.194. The lowest BCUT2D eigenvalue weighted by atomic mass is 10.00. The third-order valence-electron chi connectivity index (χ3n) is 5.64. The lowest BCUT2D eigenvalue weighted by Crippen LogP contribution is -2.17. The number of H-pyrrole nitrogens is 1. The highest BCUT2D eigenvalue weighted by atomic mass is 35.5. The van der Waals surface area contributed by atoms with Gasteiger partial charge in [-0.3, -0.25) is 9.52 Å². The van der Waals surface area contributed by atoms with Gasteiger partial charge in [0.2, 0.25) is 5.91 Å². The first kappa shape index (κ1) is 24.8. The van der Waals surface area contributed by atoms with Gasteiger partial charge in [-0.15, -0.1) is 0 Å². The maximum Gasteiger partial charge on any atom is 0.262 e. The lowest BCUT2D eigenvalue weighted by molar-refractivity contribution is 0.100. The Hall–Kier alpha value is -3.92. The number of anilines is 1. The van der Waals surface area contributed by atoms with Crippen molar-refractivity contribution in [1.29, 1.82) is 0 Å². The molecule has 0 aliphatic rings. The number of nitrogens with one attached hydrogen (secondary N) is 2. The summed E-state index contributed by atoms with van der Waals surface area (Å²) in [5.74, 6) is -0.993. The number of aromatic amines is 1. The molecule has 11 heteroatoms. The molecule has 4 aromatic carbocycles. The fourth-order valence-corrected chi connectivity index (χ4v) is 5.86. The normalized spacial score (nSPS) is 11.5. The molecule has 0 spiro atoms. The molecule has 1 heterocycles. The van der Waals surface area contributed by atoms with E-state index in [1.165, 1.54) is 30.3 Å². The summed E-state index contributed by atoms with van der Waals surface area (Å²) in [6.07, 6.45) is 0.